The average molecular weight is 320 g/mol. The summed E-state index contributed by atoms with van der Waals surface area (Å²) in [5, 5.41) is 7.46. The van der Waals surface area contributed by atoms with Crippen molar-refractivity contribution in [2.75, 3.05) is 32.8 Å². The van der Waals surface area contributed by atoms with Gasteiger partial charge in [0.15, 0.2) is 0 Å². The molecule has 0 unspecified atom stereocenters. The van der Waals surface area contributed by atoms with E-state index in [2.05, 4.69) is 15.3 Å². The summed E-state index contributed by atoms with van der Waals surface area (Å²) in [6.07, 6.45) is 8.42. The molecule has 0 bridgehead atoms. The summed E-state index contributed by atoms with van der Waals surface area (Å²) >= 11 is 0. The molecule has 1 aliphatic carbocycles. The van der Waals surface area contributed by atoms with Crippen LogP contribution in [0.1, 0.15) is 37.8 Å². The highest BCUT2D eigenvalue weighted by atomic mass is 16.5. The molecule has 1 aliphatic heterocycles. The zero-order chi connectivity index (χ0) is 16.1. The maximum absolute atomic E-state index is 12.3. The van der Waals surface area contributed by atoms with Crippen molar-refractivity contribution in [3.8, 4) is 0 Å². The van der Waals surface area contributed by atoms with Gasteiger partial charge in [-0.2, -0.15) is 5.10 Å². The van der Waals surface area contributed by atoms with E-state index in [0.717, 1.165) is 38.5 Å². The standard InChI is InChI=1S/C17H28N4O2/c1-20-8-5-15(19-20)13-16(22)18-14-17(6-3-2-4-7-17)21-9-11-23-12-10-21/h5,8H,2-4,6-7,9-14H2,1H3,(H,18,22). The van der Waals surface area contributed by atoms with Gasteiger partial charge >= 0.3 is 0 Å². The molecule has 1 N–H and O–H groups in total. The Morgan fingerprint density at radius 2 is 2.04 bits per heavy atom. The number of hydrogen-bond donors (Lipinski definition) is 1. The SMILES string of the molecule is Cn1ccc(CC(=O)NCC2(N3CCOCC3)CCCCC2)n1. The largest absolute Gasteiger partial charge is 0.379 e. The van der Waals surface area contributed by atoms with Gasteiger partial charge in [0.05, 0.1) is 25.3 Å². The van der Waals surface area contributed by atoms with E-state index >= 15 is 0 Å². The Labute approximate surface area is 138 Å². The molecule has 6 heteroatoms. The van der Waals surface area contributed by atoms with Crippen LogP contribution < -0.4 is 5.32 Å². The summed E-state index contributed by atoms with van der Waals surface area (Å²) in [5.41, 5.74) is 0.955. The maximum atomic E-state index is 12.3. The van der Waals surface area contributed by atoms with E-state index < -0.39 is 0 Å². The Morgan fingerprint density at radius 1 is 1.30 bits per heavy atom. The minimum Gasteiger partial charge on any atom is -0.379 e. The minimum atomic E-state index is 0.0712. The molecule has 0 aromatic carbocycles. The molecule has 2 fully saturated rings. The number of carbonyl (C=O) groups is 1. The van der Waals surface area contributed by atoms with Crippen LogP contribution in [-0.2, 0) is 23.0 Å². The fourth-order valence-corrected chi connectivity index (χ4v) is 3.90. The van der Waals surface area contributed by atoms with E-state index in [-0.39, 0.29) is 11.4 Å². The van der Waals surface area contributed by atoms with Gasteiger partial charge in [0.1, 0.15) is 0 Å². The van der Waals surface area contributed by atoms with Crippen molar-refractivity contribution < 1.29 is 9.53 Å². The van der Waals surface area contributed by atoms with Crippen molar-refractivity contribution in [3.63, 3.8) is 0 Å². The van der Waals surface area contributed by atoms with E-state index in [4.69, 9.17) is 4.74 Å². The summed E-state index contributed by atoms with van der Waals surface area (Å²) < 4.78 is 7.24. The lowest BCUT2D eigenvalue weighted by Gasteiger charge is -2.48. The lowest BCUT2D eigenvalue weighted by Crippen LogP contribution is -2.59. The van der Waals surface area contributed by atoms with Crippen LogP contribution >= 0.6 is 0 Å². The molecule has 0 spiro atoms. The summed E-state index contributed by atoms with van der Waals surface area (Å²) in [6, 6.07) is 1.90. The van der Waals surface area contributed by atoms with Crippen molar-refractivity contribution in [2.45, 2.75) is 44.1 Å². The molecule has 128 valence electrons. The van der Waals surface area contributed by atoms with Crippen LogP contribution in [0.5, 0.6) is 0 Å². The van der Waals surface area contributed by atoms with Crippen LogP contribution in [0.3, 0.4) is 0 Å². The quantitative estimate of drug-likeness (QED) is 0.883. The number of aryl methyl sites for hydroxylation is 1. The average Bonchev–Trinajstić information content (AvgIpc) is 2.99. The highest BCUT2D eigenvalue weighted by molar-refractivity contribution is 5.78. The first kappa shape index (κ1) is 16.5. The molecular weight excluding hydrogens is 292 g/mol. The number of hydrogen-bond acceptors (Lipinski definition) is 4. The predicted octanol–water partition coefficient (Wildman–Crippen LogP) is 1.11. The van der Waals surface area contributed by atoms with E-state index in [0.29, 0.717) is 6.42 Å². The second-order valence-corrected chi connectivity index (χ2v) is 6.82. The number of carbonyl (C=O) groups excluding carboxylic acids is 1. The molecule has 3 rings (SSSR count). The molecule has 1 amide bonds. The maximum Gasteiger partial charge on any atom is 0.226 e. The molecule has 2 heterocycles. The summed E-state index contributed by atoms with van der Waals surface area (Å²) in [4.78, 5) is 14.8. The van der Waals surface area contributed by atoms with Crippen LogP contribution in [0.15, 0.2) is 12.3 Å². The van der Waals surface area contributed by atoms with Gasteiger partial charge in [0.2, 0.25) is 5.91 Å². The fraction of sp³-hybridized carbons (Fsp3) is 0.765. The zero-order valence-electron chi connectivity index (χ0n) is 14.1. The molecule has 23 heavy (non-hydrogen) atoms. The van der Waals surface area contributed by atoms with Crippen LogP contribution in [0.4, 0.5) is 0 Å². The van der Waals surface area contributed by atoms with Crippen molar-refractivity contribution in [1.82, 2.24) is 20.0 Å². The topological polar surface area (TPSA) is 59.4 Å². The van der Waals surface area contributed by atoms with Gasteiger partial charge in [-0.1, -0.05) is 19.3 Å². The number of morpholine rings is 1. The Hall–Kier alpha value is -1.40. The van der Waals surface area contributed by atoms with Crippen LogP contribution in [0, 0.1) is 0 Å². The lowest BCUT2D eigenvalue weighted by molar-refractivity contribution is -0.121. The fourth-order valence-electron chi connectivity index (χ4n) is 3.90. The van der Waals surface area contributed by atoms with Crippen molar-refractivity contribution in [2.24, 2.45) is 7.05 Å². The van der Waals surface area contributed by atoms with Gasteiger partial charge in [-0.05, 0) is 18.9 Å². The van der Waals surface area contributed by atoms with Gasteiger partial charge in [-0.25, -0.2) is 0 Å². The van der Waals surface area contributed by atoms with Gasteiger partial charge in [-0.3, -0.25) is 14.4 Å². The van der Waals surface area contributed by atoms with Crippen LogP contribution in [0.2, 0.25) is 0 Å². The second kappa shape index (κ2) is 7.45. The number of rotatable bonds is 5. The molecule has 1 saturated heterocycles. The number of ether oxygens (including phenoxy) is 1. The van der Waals surface area contributed by atoms with Crippen molar-refractivity contribution in [3.05, 3.63) is 18.0 Å². The predicted molar refractivity (Wildman–Crippen MR) is 88.1 cm³/mol. The molecule has 1 aromatic heterocycles. The lowest BCUT2D eigenvalue weighted by atomic mass is 9.79. The monoisotopic (exact) mass is 320 g/mol. The van der Waals surface area contributed by atoms with E-state index in [9.17, 15) is 4.79 Å². The summed E-state index contributed by atoms with van der Waals surface area (Å²) in [6.45, 7) is 4.33. The highest BCUT2D eigenvalue weighted by Gasteiger charge is 2.38. The Balaban J connectivity index is 1.58. The third-order valence-electron chi connectivity index (χ3n) is 5.19. The van der Waals surface area contributed by atoms with Crippen molar-refractivity contribution >= 4 is 5.91 Å². The smallest absolute Gasteiger partial charge is 0.226 e. The van der Waals surface area contributed by atoms with E-state index in [1.165, 1.54) is 32.1 Å². The first-order valence-electron chi connectivity index (χ1n) is 8.76. The molecule has 1 saturated carbocycles. The van der Waals surface area contributed by atoms with E-state index in [1.54, 1.807) is 4.68 Å². The Kier molecular flexibility index (Phi) is 5.33. The third kappa shape index (κ3) is 4.12. The first-order chi connectivity index (χ1) is 11.2. The minimum absolute atomic E-state index is 0.0712. The number of aromatic nitrogens is 2. The summed E-state index contributed by atoms with van der Waals surface area (Å²) in [7, 11) is 1.87. The number of amides is 1. The zero-order valence-corrected chi connectivity index (χ0v) is 14.1. The second-order valence-electron chi connectivity index (χ2n) is 6.82. The molecular formula is C17H28N4O2. The van der Waals surface area contributed by atoms with Gasteiger partial charge < -0.3 is 10.1 Å². The molecule has 0 atom stereocenters. The highest BCUT2D eigenvalue weighted by Crippen LogP contribution is 2.33. The molecule has 6 nitrogen and oxygen atoms in total. The number of nitrogens with one attached hydrogen (secondary N) is 1. The molecule has 0 radical (unpaired) electrons. The van der Waals surface area contributed by atoms with E-state index in [1.807, 2.05) is 19.3 Å². The van der Waals surface area contributed by atoms with Gasteiger partial charge in [0, 0.05) is 38.4 Å². The normalized spacial score (nSPS) is 22.0. The van der Waals surface area contributed by atoms with Gasteiger partial charge in [-0.15, -0.1) is 0 Å². The van der Waals surface area contributed by atoms with Crippen LogP contribution in [0.25, 0.3) is 0 Å². The molecule has 1 aromatic rings. The van der Waals surface area contributed by atoms with Crippen molar-refractivity contribution in [1.29, 1.82) is 0 Å². The first-order valence-corrected chi connectivity index (χ1v) is 8.76. The Bertz CT molecular complexity index is 516. The van der Waals surface area contributed by atoms with Crippen LogP contribution in [-0.4, -0.2) is 59.0 Å². The summed E-state index contributed by atoms with van der Waals surface area (Å²) in [5.74, 6) is 0.0712. The third-order valence-corrected chi connectivity index (χ3v) is 5.19. The van der Waals surface area contributed by atoms with Gasteiger partial charge in [0.25, 0.3) is 0 Å². The number of nitrogens with zero attached hydrogens (tertiary/aromatic N) is 3. The molecule has 2 aliphatic rings. The Morgan fingerprint density at radius 3 is 2.70 bits per heavy atom.